The molecule has 2 aliphatic heterocycles. The third kappa shape index (κ3) is 4.39. The van der Waals surface area contributed by atoms with Crippen molar-refractivity contribution in [2.24, 2.45) is 0 Å². The van der Waals surface area contributed by atoms with Crippen LogP contribution in [0, 0.1) is 0 Å². The highest BCUT2D eigenvalue weighted by molar-refractivity contribution is 5.78. The first kappa shape index (κ1) is 21.4. The maximum Gasteiger partial charge on any atom is 0.250 e. The average molecular weight is 435 g/mol. The van der Waals surface area contributed by atoms with Crippen LogP contribution in [0.15, 0.2) is 41.3 Å². The van der Waals surface area contributed by atoms with E-state index in [2.05, 4.69) is 32.9 Å². The van der Waals surface area contributed by atoms with Crippen LogP contribution in [0.1, 0.15) is 37.3 Å². The number of hydrogen-bond acceptors (Lipinski definition) is 4. The lowest BCUT2D eigenvalue weighted by Crippen LogP contribution is -2.55. The molecule has 1 saturated heterocycles. The molecule has 170 valence electrons. The maximum absolute atomic E-state index is 12.9. The average Bonchev–Trinajstić information content (AvgIpc) is 2.78. The molecule has 0 bridgehead atoms. The Morgan fingerprint density at radius 1 is 0.969 bits per heavy atom. The normalized spacial score (nSPS) is 20.1. The number of pyridine rings is 1. The highest BCUT2D eigenvalue weighted by Crippen LogP contribution is 2.27. The van der Waals surface area contributed by atoms with E-state index < -0.39 is 0 Å². The number of piperazine rings is 1. The van der Waals surface area contributed by atoms with E-state index in [4.69, 9.17) is 0 Å². The fraction of sp³-hybridized carbons (Fsp3) is 0.538. The molecule has 2 aromatic rings. The Labute approximate surface area is 190 Å². The molecular weight excluding hydrogens is 400 g/mol. The lowest BCUT2D eigenvalue weighted by molar-refractivity contribution is -0.135. The molecule has 1 aromatic heterocycles. The number of rotatable bonds is 5. The summed E-state index contributed by atoms with van der Waals surface area (Å²) in [6.45, 7) is 8.76. The van der Waals surface area contributed by atoms with E-state index in [9.17, 15) is 9.59 Å². The molecule has 3 aliphatic rings. The Morgan fingerprint density at radius 2 is 1.75 bits per heavy atom. The van der Waals surface area contributed by atoms with Gasteiger partial charge in [-0.3, -0.25) is 19.4 Å². The van der Waals surface area contributed by atoms with Crippen LogP contribution >= 0.6 is 0 Å². The Hall–Kier alpha value is -2.44. The van der Waals surface area contributed by atoms with Gasteiger partial charge in [-0.1, -0.05) is 24.6 Å². The predicted molar refractivity (Wildman–Crippen MR) is 127 cm³/mol. The lowest BCUT2D eigenvalue weighted by atomic mass is 9.91. The molecule has 5 rings (SSSR count). The van der Waals surface area contributed by atoms with Gasteiger partial charge in [0.05, 0.1) is 6.54 Å². The standard InChI is InChI=1S/C26H34N4O2/c1-2-28-18-23(8-9-25(28)31)20-6-7-22-17-27(11-10-21(22)16-20)19-26(32)30-14-12-29(13-15-30)24-4-3-5-24/h6-9,16,18,24H,2-5,10-15,17,19H2,1H3. The van der Waals surface area contributed by atoms with E-state index in [1.165, 1.54) is 30.4 Å². The molecule has 0 radical (unpaired) electrons. The molecule has 32 heavy (non-hydrogen) atoms. The fourth-order valence-corrected chi connectivity index (χ4v) is 5.25. The molecule has 3 heterocycles. The first-order valence-electron chi connectivity index (χ1n) is 12.2. The summed E-state index contributed by atoms with van der Waals surface area (Å²) in [6, 6.07) is 10.9. The number of aromatic nitrogens is 1. The second-order valence-electron chi connectivity index (χ2n) is 9.49. The Morgan fingerprint density at radius 3 is 2.47 bits per heavy atom. The van der Waals surface area contributed by atoms with Gasteiger partial charge in [-0.05, 0) is 54.5 Å². The number of nitrogens with zero attached hydrogens (tertiary/aromatic N) is 4. The first-order valence-corrected chi connectivity index (χ1v) is 12.2. The summed E-state index contributed by atoms with van der Waals surface area (Å²) in [5.74, 6) is 0.278. The van der Waals surface area contributed by atoms with Gasteiger partial charge in [0, 0.05) is 64.1 Å². The SMILES string of the molecule is CCn1cc(-c2ccc3c(c2)CCN(CC(=O)N2CCN(C4CCC4)CC2)C3)ccc1=O. The summed E-state index contributed by atoms with van der Waals surface area (Å²) in [5, 5.41) is 0. The summed E-state index contributed by atoms with van der Waals surface area (Å²) >= 11 is 0. The molecule has 1 saturated carbocycles. The molecule has 0 unspecified atom stereocenters. The van der Waals surface area contributed by atoms with Gasteiger partial charge in [-0.25, -0.2) is 0 Å². The lowest BCUT2D eigenvalue weighted by Gasteiger charge is -2.43. The first-order chi connectivity index (χ1) is 15.6. The number of aryl methyl sites for hydroxylation is 1. The van der Waals surface area contributed by atoms with E-state index in [0.717, 1.165) is 62.9 Å². The molecule has 6 heteroatoms. The third-order valence-corrected chi connectivity index (χ3v) is 7.57. The fourth-order valence-electron chi connectivity index (χ4n) is 5.25. The summed E-state index contributed by atoms with van der Waals surface area (Å²) in [6.07, 6.45) is 6.95. The van der Waals surface area contributed by atoms with E-state index in [0.29, 0.717) is 13.1 Å². The second kappa shape index (κ2) is 9.20. The molecule has 0 spiro atoms. The van der Waals surface area contributed by atoms with Gasteiger partial charge >= 0.3 is 0 Å². The van der Waals surface area contributed by atoms with Crippen LogP contribution in [0.3, 0.4) is 0 Å². The van der Waals surface area contributed by atoms with E-state index >= 15 is 0 Å². The van der Waals surface area contributed by atoms with Crippen molar-refractivity contribution in [3.05, 3.63) is 58.0 Å². The Kier molecular flexibility index (Phi) is 6.15. The van der Waals surface area contributed by atoms with Crippen molar-refractivity contribution in [2.75, 3.05) is 39.3 Å². The Balaban J connectivity index is 1.19. The molecule has 2 fully saturated rings. The van der Waals surface area contributed by atoms with Gasteiger partial charge in [0.15, 0.2) is 0 Å². The zero-order valence-corrected chi connectivity index (χ0v) is 19.1. The van der Waals surface area contributed by atoms with Gasteiger partial charge in [-0.2, -0.15) is 0 Å². The summed E-state index contributed by atoms with van der Waals surface area (Å²) in [5.41, 5.74) is 4.94. The predicted octanol–water partition coefficient (Wildman–Crippen LogP) is 2.59. The smallest absolute Gasteiger partial charge is 0.250 e. The third-order valence-electron chi connectivity index (χ3n) is 7.57. The highest BCUT2D eigenvalue weighted by atomic mass is 16.2. The van der Waals surface area contributed by atoms with Crippen LogP contribution < -0.4 is 5.56 Å². The molecule has 1 amide bonds. The Bertz CT molecular complexity index is 1030. The summed E-state index contributed by atoms with van der Waals surface area (Å²) in [7, 11) is 0. The van der Waals surface area contributed by atoms with Crippen LogP contribution in [0.5, 0.6) is 0 Å². The molecular formula is C26H34N4O2. The van der Waals surface area contributed by atoms with Crippen molar-refractivity contribution in [2.45, 2.75) is 51.7 Å². The number of hydrogen-bond donors (Lipinski definition) is 0. The zero-order valence-electron chi connectivity index (χ0n) is 19.1. The molecule has 0 N–H and O–H groups in total. The maximum atomic E-state index is 12.9. The van der Waals surface area contributed by atoms with Crippen molar-refractivity contribution in [3.63, 3.8) is 0 Å². The van der Waals surface area contributed by atoms with Crippen LogP contribution in [-0.4, -0.2) is 70.5 Å². The van der Waals surface area contributed by atoms with Crippen molar-refractivity contribution in [1.82, 2.24) is 19.3 Å². The number of benzene rings is 1. The minimum absolute atomic E-state index is 0.0407. The van der Waals surface area contributed by atoms with Gasteiger partial charge < -0.3 is 9.47 Å². The van der Waals surface area contributed by atoms with Crippen molar-refractivity contribution < 1.29 is 4.79 Å². The quantitative estimate of drug-likeness (QED) is 0.726. The number of carbonyl (C=O) groups excluding carboxylic acids is 1. The summed E-state index contributed by atoms with van der Waals surface area (Å²) < 4.78 is 1.74. The number of fused-ring (bicyclic) bond motifs is 1. The van der Waals surface area contributed by atoms with E-state index in [1.807, 2.05) is 19.2 Å². The zero-order chi connectivity index (χ0) is 22.1. The van der Waals surface area contributed by atoms with Crippen molar-refractivity contribution >= 4 is 5.91 Å². The van der Waals surface area contributed by atoms with E-state index in [-0.39, 0.29) is 11.5 Å². The van der Waals surface area contributed by atoms with Gasteiger partial charge in [0.2, 0.25) is 5.91 Å². The van der Waals surface area contributed by atoms with Crippen molar-refractivity contribution in [1.29, 1.82) is 0 Å². The van der Waals surface area contributed by atoms with Crippen LogP contribution in [0.4, 0.5) is 0 Å². The number of carbonyl (C=O) groups is 1. The van der Waals surface area contributed by atoms with E-state index in [1.54, 1.807) is 10.6 Å². The largest absolute Gasteiger partial charge is 0.339 e. The van der Waals surface area contributed by atoms with Crippen LogP contribution in [0.2, 0.25) is 0 Å². The molecule has 0 atom stereocenters. The minimum atomic E-state index is 0.0407. The highest BCUT2D eigenvalue weighted by Gasteiger charge is 2.30. The molecule has 1 aromatic carbocycles. The van der Waals surface area contributed by atoms with Crippen molar-refractivity contribution in [3.8, 4) is 11.1 Å². The topological polar surface area (TPSA) is 48.8 Å². The van der Waals surface area contributed by atoms with Gasteiger partial charge in [-0.15, -0.1) is 0 Å². The minimum Gasteiger partial charge on any atom is -0.339 e. The molecule has 1 aliphatic carbocycles. The number of amides is 1. The van der Waals surface area contributed by atoms with Crippen LogP contribution in [0.25, 0.3) is 11.1 Å². The summed E-state index contributed by atoms with van der Waals surface area (Å²) in [4.78, 5) is 31.7. The van der Waals surface area contributed by atoms with Gasteiger partial charge in [0.1, 0.15) is 0 Å². The molecule has 6 nitrogen and oxygen atoms in total. The van der Waals surface area contributed by atoms with Crippen LogP contribution in [-0.2, 0) is 24.3 Å². The second-order valence-corrected chi connectivity index (χ2v) is 9.49. The van der Waals surface area contributed by atoms with Gasteiger partial charge in [0.25, 0.3) is 5.56 Å². The monoisotopic (exact) mass is 434 g/mol.